The molecule has 0 aliphatic carbocycles. The average Bonchev–Trinajstić information content (AvgIpc) is 2.73. The van der Waals surface area contributed by atoms with E-state index in [1.54, 1.807) is 17.2 Å². The molecule has 1 N–H and O–H groups in total. The first-order valence-corrected chi connectivity index (χ1v) is 9.39. The van der Waals surface area contributed by atoms with Crippen LogP contribution < -0.4 is 10.2 Å². The molecule has 1 amide bonds. The molecular weight excluding hydrogens is 348 g/mol. The highest BCUT2D eigenvalue weighted by atomic mass is 16.2. The van der Waals surface area contributed by atoms with Gasteiger partial charge in [-0.15, -0.1) is 0 Å². The van der Waals surface area contributed by atoms with Crippen LogP contribution in [-0.2, 0) is 6.54 Å². The van der Waals surface area contributed by atoms with Gasteiger partial charge in [0.2, 0.25) is 0 Å². The molecule has 0 spiro atoms. The molecule has 5 heteroatoms. The van der Waals surface area contributed by atoms with Gasteiger partial charge in [-0.3, -0.25) is 4.79 Å². The molecule has 3 aromatic rings. The minimum absolute atomic E-state index is 0.0480. The number of hydrogen-bond donors (Lipinski definition) is 1. The maximum absolute atomic E-state index is 13.3. The summed E-state index contributed by atoms with van der Waals surface area (Å²) in [5, 5.41) is 3.28. The highest BCUT2D eigenvalue weighted by molar-refractivity contribution is 6.06. The molecule has 0 radical (unpaired) electrons. The zero-order chi connectivity index (χ0) is 19.8. The number of carbonyl (C=O) groups excluding carboxylic acids is 1. The van der Waals surface area contributed by atoms with Crippen LogP contribution in [0.15, 0.2) is 79.0 Å². The number of hydrogen-bond acceptors (Lipinski definition) is 4. The third kappa shape index (κ3) is 5.41. The predicted molar refractivity (Wildman–Crippen MR) is 115 cm³/mol. The molecule has 144 valence electrons. The van der Waals surface area contributed by atoms with E-state index in [-0.39, 0.29) is 5.91 Å². The summed E-state index contributed by atoms with van der Waals surface area (Å²) < 4.78 is 0. The van der Waals surface area contributed by atoms with E-state index in [1.165, 1.54) is 0 Å². The number of aromatic nitrogens is 1. The van der Waals surface area contributed by atoms with Gasteiger partial charge < -0.3 is 15.1 Å². The first-order valence-electron chi connectivity index (χ1n) is 9.39. The standard InChI is InChI=1S/C23H26N4O/c1-26(2)16-15-25-22-17-20(13-14-24-22)23(28)27(21-11-7-4-8-12-21)18-19-9-5-3-6-10-19/h3-14,17H,15-16,18H2,1-2H3,(H,24,25). The maximum atomic E-state index is 13.3. The lowest BCUT2D eigenvalue weighted by Crippen LogP contribution is -2.30. The number of para-hydroxylation sites is 1. The Balaban J connectivity index is 1.83. The molecule has 0 bridgehead atoms. The Morgan fingerprint density at radius 1 is 0.964 bits per heavy atom. The lowest BCUT2D eigenvalue weighted by molar-refractivity contribution is 0.0985. The van der Waals surface area contributed by atoms with E-state index in [4.69, 9.17) is 0 Å². The molecule has 3 rings (SSSR count). The van der Waals surface area contributed by atoms with Crippen molar-refractivity contribution < 1.29 is 4.79 Å². The van der Waals surface area contributed by atoms with Crippen molar-refractivity contribution in [3.8, 4) is 0 Å². The first-order chi connectivity index (χ1) is 13.6. The van der Waals surface area contributed by atoms with E-state index in [0.29, 0.717) is 17.9 Å². The Hall–Kier alpha value is -3.18. The monoisotopic (exact) mass is 374 g/mol. The second-order valence-corrected chi connectivity index (χ2v) is 6.87. The van der Waals surface area contributed by atoms with Gasteiger partial charge in [-0.1, -0.05) is 48.5 Å². The summed E-state index contributed by atoms with van der Waals surface area (Å²) in [6.07, 6.45) is 1.68. The lowest BCUT2D eigenvalue weighted by Gasteiger charge is -2.23. The third-order valence-electron chi connectivity index (χ3n) is 4.37. The Labute approximate surface area is 166 Å². The fourth-order valence-corrected chi connectivity index (χ4v) is 2.88. The van der Waals surface area contributed by atoms with Crippen LogP contribution >= 0.6 is 0 Å². The normalized spacial score (nSPS) is 10.7. The molecule has 0 fully saturated rings. The number of amides is 1. The van der Waals surface area contributed by atoms with Gasteiger partial charge in [0, 0.05) is 30.5 Å². The van der Waals surface area contributed by atoms with E-state index in [0.717, 1.165) is 24.3 Å². The van der Waals surface area contributed by atoms with Crippen LogP contribution in [-0.4, -0.2) is 43.0 Å². The summed E-state index contributed by atoms with van der Waals surface area (Å²) in [6, 6.07) is 23.4. The minimum Gasteiger partial charge on any atom is -0.369 e. The zero-order valence-electron chi connectivity index (χ0n) is 16.4. The number of benzene rings is 2. The van der Waals surface area contributed by atoms with Crippen molar-refractivity contribution in [2.24, 2.45) is 0 Å². The summed E-state index contributed by atoms with van der Waals surface area (Å²) in [7, 11) is 4.05. The number of nitrogens with zero attached hydrogens (tertiary/aromatic N) is 3. The molecule has 1 heterocycles. The van der Waals surface area contributed by atoms with Gasteiger partial charge in [-0.05, 0) is 43.9 Å². The van der Waals surface area contributed by atoms with Crippen LogP contribution in [0.2, 0.25) is 0 Å². The van der Waals surface area contributed by atoms with Crippen molar-refractivity contribution in [1.29, 1.82) is 0 Å². The Kier molecular flexibility index (Phi) is 6.76. The Bertz CT molecular complexity index is 881. The highest BCUT2D eigenvalue weighted by Crippen LogP contribution is 2.20. The van der Waals surface area contributed by atoms with Crippen LogP contribution in [0.4, 0.5) is 11.5 Å². The van der Waals surface area contributed by atoms with Crippen molar-refractivity contribution in [3.05, 3.63) is 90.1 Å². The van der Waals surface area contributed by atoms with Gasteiger partial charge in [0.1, 0.15) is 5.82 Å². The molecule has 0 saturated heterocycles. The van der Waals surface area contributed by atoms with Gasteiger partial charge in [-0.2, -0.15) is 0 Å². The van der Waals surface area contributed by atoms with Crippen LogP contribution in [0.5, 0.6) is 0 Å². The summed E-state index contributed by atoms with van der Waals surface area (Å²) in [6.45, 7) is 2.17. The van der Waals surface area contributed by atoms with Gasteiger partial charge in [0.25, 0.3) is 5.91 Å². The molecule has 0 aliphatic rings. The second kappa shape index (κ2) is 9.67. The van der Waals surface area contributed by atoms with Crippen LogP contribution in [0, 0.1) is 0 Å². The zero-order valence-corrected chi connectivity index (χ0v) is 16.4. The third-order valence-corrected chi connectivity index (χ3v) is 4.37. The van der Waals surface area contributed by atoms with Crippen molar-refractivity contribution in [1.82, 2.24) is 9.88 Å². The summed E-state index contributed by atoms with van der Waals surface area (Å²) in [4.78, 5) is 21.6. The molecule has 0 atom stereocenters. The lowest BCUT2D eigenvalue weighted by atomic mass is 10.1. The van der Waals surface area contributed by atoms with E-state index in [2.05, 4.69) is 15.2 Å². The number of anilines is 2. The average molecular weight is 374 g/mol. The predicted octanol–water partition coefficient (Wildman–Crippen LogP) is 3.90. The number of carbonyl (C=O) groups is 1. The molecular formula is C23H26N4O. The molecule has 0 saturated carbocycles. The molecule has 2 aromatic carbocycles. The Morgan fingerprint density at radius 3 is 2.32 bits per heavy atom. The van der Waals surface area contributed by atoms with Crippen molar-refractivity contribution in [2.75, 3.05) is 37.4 Å². The molecule has 1 aromatic heterocycles. The summed E-state index contributed by atoms with van der Waals surface area (Å²) in [5.74, 6) is 0.661. The molecule has 0 unspecified atom stereocenters. The Morgan fingerprint density at radius 2 is 1.64 bits per heavy atom. The first kappa shape index (κ1) is 19.6. The van der Waals surface area contributed by atoms with Gasteiger partial charge in [0.05, 0.1) is 6.54 Å². The van der Waals surface area contributed by atoms with Crippen molar-refractivity contribution in [2.45, 2.75) is 6.54 Å². The number of likely N-dealkylation sites (N-methyl/N-ethyl adjacent to an activating group) is 1. The summed E-state index contributed by atoms with van der Waals surface area (Å²) in [5.41, 5.74) is 2.57. The topological polar surface area (TPSA) is 48.5 Å². The van der Waals surface area contributed by atoms with Gasteiger partial charge in [-0.25, -0.2) is 4.98 Å². The van der Waals surface area contributed by atoms with E-state index in [1.807, 2.05) is 80.8 Å². The summed E-state index contributed by atoms with van der Waals surface area (Å²) >= 11 is 0. The van der Waals surface area contributed by atoms with Gasteiger partial charge >= 0.3 is 0 Å². The number of rotatable bonds is 8. The van der Waals surface area contributed by atoms with Gasteiger partial charge in [0.15, 0.2) is 0 Å². The SMILES string of the molecule is CN(C)CCNc1cc(C(=O)N(Cc2ccccc2)c2ccccc2)ccn1. The largest absolute Gasteiger partial charge is 0.369 e. The number of pyridine rings is 1. The maximum Gasteiger partial charge on any atom is 0.258 e. The van der Waals surface area contributed by atoms with Crippen molar-refractivity contribution >= 4 is 17.4 Å². The highest BCUT2D eigenvalue weighted by Gasteiger charge is 2.18. The molecule has 5 nitrogen and oxygen atoms in total. The fourth-order valence-electron chi connectivity index (χ4n) is 2.88. The van der Waals surface area contributed by atoms with Crippen molar-refractivity contribution in [3.63, 3.8) is 0 Å². The minimum atomic E-state index is -0.0480. The number of nitrogens with one attached hydrogen (secondary N) is 1. The molecule has 28 heavy (non-hydrogen) atoms. The van der Waals surface area contributed by atoms with Crippen LogP contribution in [0.3, 0.4) is 0 Å². The van der Waals surface area contributed by atoms with E-state index in [9.17, 15) is 4.79 Å². The van der Waals surface area contributed by atoms with Crippen LogP contribution in [0.25, 0.3) is 0 Å². The van der Waals surface area contributed by atoms with E-state index >= 15 is 0 Å². The fraction of sp³-hybridized carbons (Fsp3) is 0.217. The molecule has 0 aliphatic heterocycles. The van der Waals surface area contributed by atoms with Crippen LogP contribution in [0.1, 0.15) is 15.9 Å². The quantitative estimate of drug-likeness (QED) is 0.650. The second-order valence-electron chi connectivity index (χ2n) is 6.87. The van der Waals surface area contributed by atoms with E-state index < -0.39 is 0 Å². The smallest absolute Gasteiger partial charge is 0.258 e.